The average molecular weight is 246 g/mol. The Kier molecular flexibility index (Phi) is 3.14. The summed E-state index contributed by atoms with van der Waals surface area (Å²) in [5.41, 5.74) is 2.35. The van der Waals surface area contributed by atoms with Crippen molar-refractivity contribution >= 4 is 0 Å². The molecule has 0 amide bonds. The third-order valence-electron chi connectivity index (χ3n) is 4.25. The van der Waals surface area contributed by atoms with Gasteiger partial charge >= 0.3 is 0 Å². The van der Waals surface area contributed by atoms with Crippen LogP contribution in [0.5, 0.6) is 0 Å². The first-order chi connectivity index (χ1) is 8.66. The molecular weight excluding hydrogens is 224 g/mol. The van der Waals surface area contributed by atoms with Crippen LogP contribution in [0.2, 0.25) is 0 Å². The first-order valence-electron chi connectivity index (χ1n) is 6.91. The average Bonchev–Trinajstić information content (AvgIpc) is 2.60. The van der Waals surface area contributed by atoms with Crippen LogP contribution in [0.1, 0.15) is 36.9 Å². The van der Waals surface area contributed by atoms with Gasteiger partial charge in [-0.05, 0) is 37.4 Å². The standard InChI is InChI=1S/C15H22N2O/c1-15(18)7-9-17(11-15)14-6-8-16-10-12-4-2-3-5-13(12)14/h2-5,14,16,18H,6-11H2,1H3. The number of benzene rings is 1. The lowest BCUT2D eigenvalue weighted by molar-refractivity contribution is 0.0614. The maximum absolute atomic E-state index is 10.2. The van der Waals surface area contributed by atoms with Gasteiger partial charge in [0.1, 0.15) is 0 Å². The van der Waals surface area contributed by atoms with Crippen LogP contribution < -0.4 is 5.32 Å². The fourth-order valence-corrected chi connectivity index (χ4v) is 3.26. The molecule has 0 spiro atoms. The highest BCUT2D eigenvalue weighted by atomic mass is 16.3. The first-order valence-corrected chi connectivity index (χ1v) is 6.91. The van der Waals surface area contributed by atoms with Crippen molar-refractivity contribution in [3.8, 4) is 0 Å². The van der Waals surface area contributed by atoms with Gasteiger partial charge in [0.05, 0.1) is 5.60 Å². The van der Waals surface area contributed by atoms with Crippen molar-refractivity contribution in [1.29, 1.82) is 0 Å². The highest BCUT2D eigenvalue weighted by Gasteiger charge is 2.36. The van der Waals surface area contributed by atoms with Crippen LogP contribution >= 0.6 is 0 Å². The van der Waals surface area contributed by atoms with E-state index in [1.165, 1.54) is 11.1 Å². The third kappa shape index (κ3) is 2.30. The van der Waals surface area contributed by atoms with Gasteiger partial charge in [-0.3, -0.25) is 4.90 Å². The van der Waals surface area contributed by atoms with Gasteiger partial charge in [-0.1, -0.05) is 24.3 Å². The zero-order chi connectivity index (χ0) is 12.6. The van der Waals surface area contributed by atoms with Gasteiger partial charge in [0.2, 0.25) is 0 Å². The molecule has 3 nitrogen and oxygen atoms in total. The molecule has 3 heteroatoms. The largest absolute Gasteiger partial charge is 0.389 e. The Labute approximate surface area is 109 Å². The van der Waals surface area contributed by atoms with Crippen LogP contribution in [0.15, 0.2) is 24.3 Å². The van der Waals surface area contributed by atoms with Gasteiger partial charge in [0.25, 0.3) is 0 Å². The molecule has 0 saturated carbocycles. The van der Waals surface area contributed by atoms with E-state index in [-0.39, 0.29) is 0 Å². The van der Waals surface area contributed by atoms with Crippen LogP contribution in [0, 0.1) is 0 Å². The number of β-amino-alcohol motifs (C(OH)–C–C–N with tert-alkyl or cyclic N) is 1. The normalized spacial score (nSPS) is 33.1. The lowest BCUT2D eigenvalue weighted by Gasteiger charge is -2.29. The molecule has 1 aromatic carbocycles. The van der Waals surface area contributed by atoms with Crippen LogP contribution in [0.25, 0.3) is 0 Å². The molecule has 0 bridgehead atoms. The van der Waals surface area contributed by atoms with Crippen LogP contribution in [0.4, 0.5) is 0 Å². The van der Waals surface area contributed by atoms with E-state index >= 15 is 0 Å². The van der Waals surface area contributed by atoms with Gasteiger partial charge in [-0.2, -0.15) is 0 Å². The minimum Gasteiger partial charge on any atom is -0.389 e. The molecule has 2 unspecified atom stereocenters. The van der Waals surface area contributed by atoms with Crippen molar-refractivity contribution < 1.29 is 5.11 Å². The lowest BCUT2D eigenvalue weighted by Crippen LogP contribution is -2.33. The molecule has 2 N–H and O–H groups in total. The Hall–Kier alpha value is -0.900. The summed E-state index contributed by atoms with van der Waals surface area (Å²) >= 11 is 0. The Morgan fingerprint density at radius 1 is 1.39 bits per heavy atom. The van der Waals surface area contributed by atoms with Crippen molar-refractivity contribution in [2.24, 2.45) is 0 Å². The number of hydrogen-bond acceptors (Lipinski definition) is 3. The summed E-state index contributed by atoms with van der Waals surface area (Å²) in [5, 5.41) is 13.6. The molecule has 3 rings (SSSR count). The van der Waals surface area contributed by atoms with E-state index in [1.54, 1.807) is 0 Å². The fraction of sp³-hybridized carbons (Fsp3) is 0.600. The van der Waals surface area contributed by atoms with E-state index in [0.29, 0.717) is 6.04 Å². The Bertz CT molecular complexity index is 430. The van der Waals surface area contributed by atoms with Gasteiger partial charge in [-0.15, -0.1) is 0 Å². The number of fused-ring (bicyclic) bond motifs is 1. The predicted molar refractivity (Wildman–Crippen MR) is 72.3 cm³/mol. The molecule has 18 heavy (non-hydrogen) atoms. The van der Waals surface area contributed by atoms with E-state index in [2.05, 4.69) is 34.5 Å². The van der Waals surface area contributed by atoms with Crippen LogP contribution in [-0.2, 0) is 6.54 Å². The lowest BCUT2D eigenvalue weighted by atomic mass is 9.98. The Morgan fingerprint density at radius 2 is 2.22 bits per heavy atom. The molecule has 0 radical (unpaired) electrons. The van der Waals surface area contributed by atoms with Gasteiger partial charge in [-0.25, -0.2) is 0 Å². The van der Waals surface area contributed by atoms with E-state index in [1.807, 2.05) is 6.92 Å². The van der Waals surface area contributed by atoms with E-state index in [0.717, 1.165) is 39.0 Å². The highest BCUT2D eigenvalue weighted by Crippen LogP contribution is 2.34. The molecule has 98 valence electrons. The topological polar surface area (TPSA) is 35.5 Å². The number of likely N-dealkylation sites (tertiary alicyclic amines) is 1. The molecule has 2 aliphatic rings. The predicted octanol–water partition coefficient (Wildman–Crippen LogP) is 1.68. The fourth-order valence-electron chi connectivity index (χ4n) is 3.26. The zero-order valence-corrected chi connectivity index (χ0v) is 11.0. The number of hydrogen-bond donors (Lipinski definition) is 2. The second kappa shape index (κ2) is 4.65. The molecule has 2 atom stereocenters. The smallest absolute Gasteiger partial charge is 0.0758 e. The maximum atomic E-state index is 10.2. The Balaban J connectivity index is 1.88. The summed E-state index contributed by atoms with van der Waals surface area (Å²) in [4.78, 5) is 2.45. The number of nitrogens with one attached hydrogen (secondary N) is 1. The van der Waals surface area contributed by atoms with Crippen molar-refractivity contribution in [3.63, 3.8) is 0 Å². The minimum atomic E-state index is -0.505. The molecular formula is C15H22N2O. The number of aliphatic hydroxyl groups is 1. The second-order valence-corrected chi connectivity index (χ2v) is 5.90. The van der Waals surface area contributed by atoms with Gasteiger partial charge in [0, 0.05) is 25.7 Å². The number of nitrogens with zero attached hydrogens (tertiary/aromatic N) is 1. The monoisotopic (exact) mass is 246 g/mol. The van der Waals surface area contributed by atoms with E-state index in [4.69, 9.17) is 0 Å². The van der Waals surface area contributed by atoms with E-state index < -0.39 is 5.60 Å². The second-order valence-electron chi connectivity index (χ2n) is 5.90. The molecule has 1 aromatic rings. The summed E-state index contributed by atoms with van der Waals surface area (Å²) in [6.45, 7) is 5.78. The SMILES string of the molecule is CC1(O)CCN(C2CCNCc3ccccc32)C1. The first kappa shape index (κ1) is 12.2. The van der Waals surface area contributed by atoms with Gasteiger partial charge in [0.15, 0.2) is 0 Å². The molecule has 1 saturated heterocycles. The summed E-state index contributed by atoms with van der Waals surface area (Å²) in [6.07, 6.45) is 2.02. The van der Waals surface area contributed by atoms with E-state index in [9.17, 15) is 5.11 Å². The quantitative estimate of drug-likeness (QED) is 0.791. The summed E-state index contributed by atoms with van der Waals surface area (Å²) in [6, 6.07) is 9.17. The van der Waals surface area contributed by atoms with Crippen molar-refractivity contribution in [2.45, 2.75) is 38.0 Å². The molecule has 2 heterocycles. The van der Waals surface area contributed by atoms with Gasteiger partial charge < -0.3 is 10.4 Å². The summed E-state index contributed by atoms with van der Waals surface area (Å²) in [5.74, 6) is 0. The van der Waals surface area contributed by atoms with Crippen molar-refractivity contribution in [3.05, 3.63) is 35.4 Å². The van der Waals surface area contributed by atoms with Crippen molar-refractivity contribution in [1.82, 2.24) is 10.2 Å². The number of rotatable bonds is 1. The summed E-state index contributed by atoms with van der Waals surface area (Å²) < 4.78 is 0. The highest BCUT2D eigenvalue weighted by molar-refractivity contribution is 5.31. The summed E-state index contributed by atoms with van der Waals surface area (Å²) in [7, 11) is 0. The molecule has 2 aliphatic heterocycles. The van der Waals surface area contributed by atoms with Crippen LogP contribution in [0.3, 0.4) is 0 Å². The zero-order valence-electron chi connectivity index (χ0n) is 11.0. The third-order valence-corrected chi connectivity index (χ3v) is 4.25. The molecule has 0 aromatic heterocycles. The molecule has 0 aliphatic carbocycles. The Morgan fingerprint density at radius 3 is 3.00 bits per heavy atom. The van der Waals surface area contributed by atoms with Crippen molar-refractivity contribution in [2.75, 3.05) is 19.6 Å². The van der Waals surface area contributed by atoms with Crippen LogP contribution in [-0.4, -0.2) is 35.2 Å². The molecule has 1 fully saturated rings. The maximum Gasteiger partial charge on any atom is 0.0758 e. The minimum absolute atomic E-state index is 0.463.